The van der Waals surface area contributed by atoms with Crippen molar-refractivity contribution in [3.8, 4) is 0 Å². The van der Waals surface area contributed by atoms with Crippen molar-refractivity contribution >= 4 is 20.3 Å². The standard InChI is InChI=1S/C39H56O9Si/c1-11-29-44-31-30-24(6)27(48-49(12-2,13-3)14-4)21-39(42,36(30,8)9)34(46-35(41)26-18-16-15-17-19-26)32-37(10,33(31)45-29)23(5)20-28-38(32,22-43-28)47-25(7)40/h11,15-19,23,27-29,31-34,42H,1,12-14,20-22H2,2-10H3/t23-,27-,28+,29?,31+,32-,33+,34-,37+,38-,39+/m0/s1. The van der Waals surface area contributed by atoms with Gasteiger partial charge in [-0.1, -0.05) is 73.2 Å². The smallest absolute Gasteiger partial charge is 0.338 e. The van der Waals surface area contributed by atoms with E-state index in [0.29, 0.717) is 12.0 Å². The van der Waals surface area contributed by atoms with Gasteiger partial charge in [0.15, 0.2) is 20.2 Å². The first-order valence-corrected chi connectivity index (χ1v) is 20.7. The maximum absolute atomic E-state index is 14.3. The van der Waals surface area contributed by atoms with E-state index in [1.54, 1.807) is 30.3 Å². The van der Waals surface area contributed by atoms with Crippen molar-refractivity contribution in [3.63, 3.8) is 0 Å². The number of fused-ring (bicyclic) bond motifs is 8. The van der Waals surface area contributed by atoms with E-state index in [4.69, 9.17) is 28.1 Å². The summed E-state index contributed by atoms with van der Waals surface area (Å²) in [5, 5.41) is 13.8. The summed E-state index contributed by atoms with van der Waals surface area (Å²) in [6.45, 7) is 22.5. The quantitative estimate of drug-likeness (QED) is 0.170. The lowest BCUT2D eigenvalue weighted by molar-refractivity contribution is -0.355. The lowest BCUT2D eigenvalue weighted by Gasteiger charge is -2.69. The van der Waals surface area contributed by atoms with Gasteiger partial charge < -0.3 is 33.2 Å². The van der Waals surface area contributed by atoms with Gasteiger partial charge in [0.1, 0.15) is 23.9 Å². The molecular weight excluding hydrogens is 641 g/mol. The fraction of sp³-hybridized carbons (Fsp3) is 0.692. The molecule has 0 aromatic heterocycles. The van der Waals surface area contributed by atoms with Crippen molar-refractivity contribution in [3.05, 3.63) is 59.7 Å². The molecule has 0 spiro atoms. The highest BCUT2D eigenvalue weighted by Gasteiger charge is 2.78. The lowest BCUT2D eigenvalue weighted by Crippen LogP contribution is -2.81. The van der Waals surface area contributed by atoms with E-state index < -0.39 is 85.0 Å². The molecule has 9 nitrogen and oxygen atoms in total. The number of benzene rings is 1. The number of hydrogen-bond donors (Lipinski definition) is 1. The Labute approximate surface area is 292 Å². The Morgan fingerprint density at radius 2 is 1.73 bits per heavy atom. The minimum atomic E-state index is -2.20. The Morgan fingerprint density at radius 3 is 2.29 bits per heavy atom. The molecule has 2 saturated heterocycles. The number of esters is 2. The highest BCUT2D eigenvalue weighted by molar-refractivity contribution is 6.73. The molecule has 4 fully saturated rings. The topological polar surface area (TPSA) is 110 Å². The molecule has 2 bridgehead atoms. The Balaban J connectivity index is 1.66. The molecule has 1 N–H and O–H groups in total. The lowest BCUT2D eigenvalue weighted by atomic mass is 9.43. The summed E-state index contributed by atoms with van der Waals surface area (Å²) in [5.74, 6) is -1.81. The van der Waals surface area contributed by atoms with Crippen molar-refractivity contribution in [1.82, 2.24) is 0 Å². The van der Waals surface area contributed by atoms with Gasteiger partial charge in [-0.05, 0) is 66.7 Å². The fourth-order valence-electron chi connectivity index (χ4n) is 10.3. The zero-order valence-corrected chi connectivity index (χ0v) is 31.7. The molecule has 0 amide bonds. The third kappa shape index (κ3) is 5.26. The van der Waals surface area contributed by atoms with Crippen LogP contribution in [0.5, 0.6) is 0 Å². The SMILES string of the molecule is C=CC1O[C@@H]2C3=C(C)[C@@H](O[Si](CC)(CC)CC)C[C@@](O)([C@@H](OC(=O)c4ccccc4)[C@@H]4[C@]5(OC(C)=O)CO[C@@H]5C[C@H](C)[C@@]4(C)[C@@H]2O1)C3(C)C. The van der Waals surface area contributed by atoms with E-state index in [1.165, 1.54) is 6.92 Å². The molecule has 3 aliphatic carbocycles. The molecule has 1 unspecified atom stereocenters. The fourth-order valence-corrected chi connectivity index (χ4v) is 13.2. The van der Waals surface area contributed by atoms with Crippen LogP contribution in [0.3, 0.4) is 0 Å². The Bertz CT molecular complexity index is 1480. The minimum absolute atomic E-state index is 0.0668. The van der Waals surface area contributed by atoms with Crippen LogP contribution in [0.15, 0.2) is 54.1 Å². The predicted octanol–water partition coefficient (Wildman–Crippen LogP) is 6.75. The molecule has 2 heterocycles. The second kappa shape index (κ2) is 12.7. The third-order valence-corrected chi connectivity index (χ3v) is 18.3. The number of ether oxygens (including phenoxy) is 5. The van der Waals surface area contributed by atoms with Crippen LogP contribution in [0.25, 0.3) is 0 Å². The number of carbonyl (C=O) groups is 2. The second-order valence-electron chi connectivity index (χ2n) is 15.9. The number of rotatable bonds is 9. The van der Waals surface area contributed by atoms with Crippen molar-refractivity contribution < 1.29 is 42.8 Å². The third-order valence-electron chi connectivity index (χ3n) is 13.6. The van der Waals surface area contributed by atoms with E-state index in [-0.39, 0.29) is 18.9 Å². The maximum atomic E-state index is 14.3. The number of carbonyl (C=O) groups excluding carboxylic acids is 2. The van der Waals surface area contributed by atoms with Crippen molar-refractivity contribution in [2.24, 2.45) is 22.7 Å². The van der Waals surface area contributed by atoms with Crippen molar-refractivity contribution in [2.75, 3.05) is 6.61 Å². The van der Waals surface area contributed by atoms with Gasteiger partial charge in [-0.15, -0.1) is 0 Å². The average Bonchev–Trinajstić information content (AvgIpc) is 3.50. The largest absolute Gasteiger partial charge is 0.455 e. The van der Waals surface area contributed by atoms with Crippen LogP contribution in [0, 0.1) is 22.7 Å². The van der Waals surface area contributed by atoms with Crippen LogP contribution in [-0.4, -0.2) is 80.0 Å². The average molecular weight is 697 g/mol. The Morgan fingerprint density at radius 1 is 1.08 bits per heavy atom. The van der Waals surface area contributed by atoms with E-state index in [0.717, 1.165) is 29.3 Å². The van der Waals surface area contributed by atoms with E-state index in [1.807, 2.05) is 19.9 Å². The molecule has 2 aliphatic heterocycles. The summed E-state index contributed by atoms with van der Waals surface area (Å²) in [6.07, 6.45) is -1.41. The van der Waals surface area contributed by atoms with Crippen LogP contribution < -0.4 is 0 Å². The first-order chi connectivity index (χ1) is 23.1. The maximum Gasteiger partial charge on any atom is 0.338 e. The summed E-state index contributed by atoms with van der Waals surface area (Å²) in [6, 6.07) is 11.7. The zero-order chi connectivity index (χ0) is 35.7. The van der Waals surface area contributed by atoms with E-state index in [2.05, 4.69) is 48.1 Å². The highest BCUT2D eigenvalue weighted by Crippen LogP contribution is 2.68. The first-order valence-electron chi connectivity index (χ1n) is 18.2. The van der Waals surface area contributed by atoms with Gasteiger partial charge in [0.25, 0.3) is 0 Å². The molecule has 0 radical (unpaired) electrons. The van der Waals surface area contributed by atoms with Gasteiger partial charge in [-0.25, -0.2) is 4.79 Å². The number of aliphatic hydroxyl groups is 1. The molecule has 2 saturated carbocycles. The molecule has 6 rings (SSSR count). The molecule has 49 heavy (non-hydrogen) atoms. The molecule has 270 valence electrons. The molecular formula is C39H56O9Si. The predicted molar refractivity (Wildman–Crippen MR) is 187 cm³/mol. The second-order valence-corrected chi connectivity index (χ2v) is 20.7. The van der Waals surface area contributed by atoms with E-state index in [9.17, 15) is 14.7 Å². The van der Waals surface area contributed by atoms with Crippen molar-refractivity contribution in [1.29, 1.82) is 0 Å². The summed E-state index contributed by atoms with van der Waals surface area (Å²) in [7, 11) is -2.20. The van der Waals surface area contributed by atoms with Gasteiger partial charge in [-0.3, -0.25) is 4.79 Å². The zero-order valence-electron chi connectivity index (χ0n) is 30.7. The van der Waals surface area contributed by atoms with Gasteiger partial charge in [0, 0.05) is 24.2 Å². The van der Waals surface area contributed by atoms with E-state index >= 15 is 0 Å². The summed E-state index contributed by atoms with van der Waals surface area (Å²) in [4.78, 5) is 27.3. The summed E-state index contributed by atoms with van der Waals surface area (Å²) < 4.78 is 40.2. The van der Waals surface area contributed by atoms with Crippen LogP contribution >= 0.6 is 0 Å². The summed E-state index contributed by atoms with van der Waals surface area (Å²) in [5.41, 5.74) is -2.36. The first kappa shape index (κ1) is 36.4. The number of hydrogen-bond acceptors (Lipinski definition) is 9. The van der Waals surface area contributed by atoms with Crippen LogP contribution in [0.1, 0.15) is 85.5 Å². The molecule has 1 aromatic rings. The molecule has 5 aliphatic rings. The van der Waals surface area contributed by atoms with Gasteiger partial charge >= 0.3 is 11.9 Å². The van der Waals surface area contributed by atoms with Gasteiger partial charge in [-0.2, -0.15) is 0 Å². The minimum Gasteiger partial charge on any atom is -0.455 e. The van der Waals surface area contributed by atoms with Crippen LogP contribution in [-0.2, 0) is 32.9 Å². The highest BCUT2D eigenvalue weighted by atomic mass is 28.4. The van der Waals surface area contributed by atoms with Gasteiger partial charge in [0.2, 0.25) is 0 Å². The Hall–Kier alpha value is -2.34. The van der Waals surface area contributed by atoms with Crippen LogP contribution in [0.4, 0.5) is 0 Å². The van der Waals surface area contributed by atoms with Crippen molar-refractivity contribution in [2.45, 2.75) is 141 Å². The normalized spacial score (nSPS) is 40.9. The molecule has 11 atom stereocenters. The summed E-state index contributed by atoms with van der Waals surface area (Å²) >= 11 is 0. The van der Waals surface area contributed by atoms with Crippen LogP contribution in [0.2, 0.25) is 18.1 Å². The molecule has 1 aromatic carbocycles. The Kier molecular flexibility index (Phi) is 9.45. The monoisotopic (exact) mass is 696 g/mol. The van der Waals surface area contributed by atoms with Gasteiger partial charge in [0.05, 0.1) is 30.3 Å². The molecule has 10 heteroatoms.